The molecule has 1 heterocycles. The third kappa shape index (κ3) is 3.11. The number of aryl methyl sites for hydroxylation is 1. The molecule has 0 radical (unpaired) electrons. The van der Waals surface area contributed by atoms with Gasteiger partial charge in [0.25, 0.3) is 5.91 Å². The van der Waals surface area contributed by atoms with Crippen molar-refractivity contribution in [2.24, 2.45) is 0 Å². The van der Waals surface area contributed by atoms with E-state index in [4.69, 9.17) is 16.9 Å². The van der Waals surface area contributed by atoms with E-state index in [9.17, 15) is 9.18 Å². The maximum atomic E-state index is 13.2. The minimum absolute atomic E-state index is 0.133. The van der Waals surface area contributed by atoms with Gasteiger partial charge in [0.2, 0.25) is 0 Å². The first-order valence-corrected chi connectivity index (χ1v) is 6.02. The van der Waals surface area contributed by atoms with E-state index in [1.54, 1.807) is 19.1 Å². The third-order valence-corrected chi connectivity index (χ3v) is 2.72. The number of hydrogen-bond donors (Lipinski definition) is 1. The molecule has 1 N–H and O–H groups in total. The van der Waals surface area contributed by atoms with E-state index in [0.717, 1.165) is 6.07 Å². The Hall–Kier alpha value is -2.45. The number of hydrogen-bond acceptors (Lipinski definition) is 3. The van der Waals surface area contributed by atoms with Crippen LogP contribution in [0.1, 0.15) is 21.6 Å². The molecule has 2 aromatic rings. The van der Waals surface area contributed by atoms with Crippen molar-refractivity contribution in [2.45, 2.75) is 6.92 Å². The van der Waals surface area contributed by atoms with Gasteiger partial charge in [-0.3, -0.25) is 4.79 Å². The van der Waals surface area contributed by atoms with E-state index in [-0.39, 0.29) is 10.7 Å². The number of pyridine rings is 1. The maximum Gasteiger partial charge on any atom is 0.255 e. The summed E-state index contributed by atoms with van der Waals surface area (Å²) in [6.45, 7) is 1.72. The van der Waals surface area contributed by atoms with Gasteiger partial charge in [0, 0.05) is 16.9 Å². The lowest BCUT2D eigenvalue weighted by atomic mass is 10.2. The number of aromatic nitrogens is 1. The zero-order valence-corrected chi connectivity index (χ0v) is 11.2. The Kier molecular flexibility index (Phi) is 3.97. The first-order valence-electron chi connectivity index (χ1n) is 5.65. The minimum atomic E-state index is -0.631. The van der Waals surface area contributed by atoms with Crippen LogP contribution in [0.15, 0.2) is 30.3 Å². The molecule has 1 aromatic heterocycles. The topological polar surface area (TPSA) is 65.8 Å². The van der Waals surface area contributed by atoms with Crippen molar-refractivity contribution in [1.29, 1.82) is 5.26 Å². The fourth-order valence-electron chi connectivity index (χ4n) is 1.65. The van der Waals surface area contributed by atoms with Crippen LogP contribution in [0.25, 0.3) is 0 Å². The SMILES string of the molecule is Cc1cc(C(=O)Nc2ccc(F)c(C#N)c2)cc(Cl)n1. The normalized spacial score (nSPS) is 9.90. The molecule has 1 aromatic carbocycles. The number of carbonyl (C=O) groups is 1. The van der Waals surface area contributed by atoms with E-state index in [2.05, 4.69) is 10.3 Å². The number of carbonyl (C=O) groups excluding carboxylic acids is 1. The fraction of sp³-hybridized carbons (Fsp3) is 0.0714. The number of nitriles is 1. The van der Waals surface area contributed by atoms with Gasteiger partial charge in [-0.05, 0) is 37.3 Å². The lowest BCUT2D eigenvalue weighted by Crippen LogP contribution is -2.12. The summed E-state index contributed by atoms with van der Waals surface area (Å²) in [7, 11) is 0. The van der Waals surface area contributed by atoms with Gasteiger partial charge in [-0.25, -0.2) is 9.37 Å². The van der Waals surface area contributed by atoms with E-state index >= 15 is 0 Å². The van der Waals surface area contributed by atoms with Crippen LogP contribution in [0.2, 0.25) is 5.15 Å². The molecule has 0 unspecified atom stereocenters. The third-order valence-electron chi connectivity index (χ3n) is 2.53. The highest BCUT2D eigenvalue weighted by atomic mass is 35.5. The second-order valence-electron chi connectivity index (χ2n) is 4.08. The van der Waals surface area contributed by atoms with Crippen molar-refractivity contribution in [3.8, 4) is 6.07 Å². The molecule has 0 atom stereocenters. The molecule has 0 aliphatic carbocycles. The van der Waals surface area contributed by atoms with Gasteiger partial charge in [-0.1, -0.05) is 11.6 Å². The van der Waals surface area contributed by atoms with E-state index in [0.29, 0.717) is 16.9 Å². The lowest BCUT2D eigenvalue weighted by molar-refractivity contribution is 0.102. The van der Waals surface area contributed by atoms with Crippen LogP contribution in [0, 0.1) is 24.1 Å². The van der Waals surface area contributed by atoms with E-state index in [1.807, 2.05) is 0 Å². The predicted octanol–water partition coefficient (Wildman–Crippen LogP) is 3.31. The highest BCUT2D eigenvalue weighted by molar-refractivity contribution is 6.29. The van der Waals surface area contributed by atoms with Crippen LogP contribution in [0.5, 0.6) is 0 Å². The van der Waals surface area contributed by atoms with Crippen LogP contribution in [-0.2, 0) is 0 Å². The van der Waals surface area contributed by atoms with Gasteiger partial charge in [0.15, 0.2) is 0 Å². The molecule has 0 saturated heterocycles. The zero-order chi connectivity index (χ0) is 14.7. The number of amides is 1. The first-order chi connectivity index (χ1) is 9.49. The molecule has 0 aliphatic heterocycles. The molecule has 1 amide bonds. The van der Waals surface area contributed by atoms with Gasteiger partial charge in [0.05, 0.1) is 5.56 Å². The molecule has 20 heavy (non-hydrogen) atoms. The molecule has 4 nitrogen and oxygen atoms in total. The molecule has 0 fully saturated rings. The van der Waals surface area contributed by atoms with E-state index in [1.165, 1.54) is 18.2 Å². The lowest BCUT2D eigenvalue weighted by Gasteiger charge is -2.07. The summed E-state index contributed by atoms with van der Waals surface area (Å²) in [5.74, 6) is -1.04. The summed E-state index contributed by atoms with van der Waals surface area (Å²) < 4.78 is 13.2. The number of nitrogens with zero attached hydrogens (tertiary/aromatic N) is 2. The Bertz CT molecular complexity index is 705. The van der Waals surface area contributed by atoms with Gasteiger partial charge in [-0.2, -0.15) is 5.26 Å². The smallest absolute Gasteiger partial charge is 0.255 e. The number of nitrogens with one attached hydrogen (secondary N) is 1. The van der Waals surface area contributed by atoms with Gasteiger partial charge >= 0.3 is 0 Å². The van der Waals surface area contributed by atoms with Gasteiger partial charge < -0.3 is 5.32 Å². The van der Waals surface area contributed by atoms with Gasteiger partial charge in [0.1, 0.15) is 17.0 Å². The Balaban J connectivity index is 2.26. The number of rotatable bonds is 2. The predicted molar refractivity (Wildman–Crippen MR) is 73.1 cm³/mol. The molecular formula is C14H9ClFN3O. The second kappa shape index (κ2) is 5.68. The Morgan fingerprint density at radius 2 is 2.15 bits per heavy atom. The average molecular weight is 290 g/mol. The molecule has 0 saturated carbocycles. The summed E-state index contributed by atoms with van der Waals surface area (Å²) in [5.41, 5.74) is 1.15. The average Bonchev–Trinajstić information content (AvgIpc) is 2.39. The summed E-state index contributed by atoms with van der Waals surface area (Å²) in [4.78, 5) is 16.0. The van der Waals surface area contributed by atoms with Crippen molar-refractivity contribution in [1.82, 2.24) is 4.98 Å². The van der Waals surface area contributed by atoms with Crippen LogP contribution < -0.4 is 5.32 Å². The highest BCUT2D eigenvalue weighted by Crippen LogP contribution is 2.16. The summed E-state index contributed by atoms with van der Waals surface area (Å²) in [6.07, 6.45) is 0. The molecule has 100 valence electrons. The summed E-state index contributed by atoms with van der Waals surface area (Å²) >= 11 is 5.78. The number of halogens is 2. The molecular weight excluding hydrogens is 281 g/mol. The largest absolute Gasteiger partial charge is 0.322 e. The molecule has 0 spiro atoms. The number of benzene rings is 1. The minimum Gasteiger partial charge on any atom is -0.322 e. The van der Waals surface area contributed by atoms with Crippen molar-refractivity contribution in [2.75, 3.05) is 5.32 Å². The Labute approximate surface area is 119 Å². The van der Waals surface area contributed by atoms with Crippen LogP contribution in [-0.4, -0.2) is 10.9 Å². The maximum absolute atomic E-state index is 13.2. The molecule has 0 aliphatic rings. The fourth-order valence-corrected chi connectivity index (χ4v) is 1.90. The van der Waals surface area contributed by atoms with Crippen molar-refractivity contribution < 1.29 is 9.18 Å². The summed E-state index contributed by atoms with van der Waals surface area (Å²) in [5, 5.41) is 11.5. The zero-order valence-electron chi connectivity index (χ0n) is 10.4. The van der Waals surface area contributed by atoms with Crippen molar-refractivity contribution >= 4 is 23.2 Å². The first kappa shape index (κ1) is 14.0. The van der Waals surface area contributed by atoms with Crippen molar-refractivity contribution in [3.63, 3.8) is 0 Å². The standard InChI is InChI=1S/C14H9ClFN3O/c1-8-4-9(6-13(15)18-8)14(20)19-11-2-3-12(16)10(5-11)7-17/h2-6H,1H3,(H,19,20). The van der Waals surface area contributed by atoms with Crippen molar-refractivity contribution in [3.05, 3.63) is 58.1 Å². The van der Waals surface area contributed by atoms with Crippen LogP contribution in [0.3, 0.4) is 0 Å². The van der Waals surface area contributed by atoms with Gasteiger partial charge in [-0.15, -0.1) is 0 Å². The molecule has 2 rings (SSSR count). The molecule has 0 bridgehead atoms. The number of anilines is 1. The monoisotopic (exact) mass is 289 g/mol. The Morgan fingerprint density at radius 1 is 1.40 bits per heavy atom. The molecule has 6 heteroatoms. The highest BCUT2D eigenvalue weighted by Gasteiger charge is 2.10. The van der Waals surface area contributed by atoms with Crippen LogP contribution >= 0.6 is 11.6 Å². The van der Waals surface area contributed by atoms with E-state index < -0.39 is 11.7 Å². The van der Waals surface area contributed by atoms with Crippen LogP contribution in [0.4, 0.5) is 10.1 Å². The summed E-state index contributed by atoms with van der Waals surface area (Å²) in [6, 6.07) is 8.49. The Morgan fingerprint density at radius 3 is 2.80 bits per heavy atom. The second-order valence-corrected chi connectivity index (χ2v) is 4.47. The quantitative estimate of drug-likeness (QED) is 0.863.